The number of hydrogen-bond donors (Lipinski definition) is 3. The number of fused-ring (bicyclic) bond motifs is 1. The molecule has 0 radical (unpaired) electrons. The number of carbonyl (C=O) groups is 1. The SMILES string of the molecule is CO[C@@H]1CN[C@H](C(=O)NCCn2c(=O)[nH]c3ccccc32)C1. The van der Waals surface area contributed by atoms with Crippen molar-refractivity contribution in [3.05, 3.63) is 34.7 Å². The van der Waals surface area contributed by atoms with Crippen LogP contribution in [0.2, 0.25) is 0 Å². The van der Waals surface area contributed by atoms with Gasteiger partial charge in [-0.15, -0.1) is 0 Å². The molecule has 22 heavy (non-hydrogen) atoms. The predicted octanol–water partition coefficient (Wildman–Crippen LogP) is -0.177. The molecule has 1 aliphatic heterocycles. The van der Waals surface area contributed by atoms with Gasteiger partial charge in [0, 0.05) is 26.7 Å². The van der Waals surface area contributed by atoms with Crippen LogP contribution >= 0.6 is 0 Å². The van der Waals surface area contributed by atoms with Crippen LogP contribution in [0.4, 0.5) is 0 Å². The van der Waals surface area contributed by atoms with Crippen molar-refractivity contribution in [3.8, 4) is 0 Å². The van der Waals surface area contributed by atoms with Gasteiger partial charge in [0.1, 0.15) is 0 Å². The minimum atomic E-state index is -0.218. The zero-order valence-corrected chi connectivity index (χ0v) is 12.5. The molecule has 3 rings (SSSR count). The Balaban J connectivity index is 1.57. The number of nitrogens with zero attached hydrogens (tertiary/aromatic N) is 1. The number of methoxy groups -OCH3 is 1. The Bertz CT molecular complexity index is 721. The summed E-state index contributed by atoms with van der Waals surface area (Å²) in [4.78, 5) is 26.8. The fourth-order valence-electron chi connectivity index (χ4n) is 2.83. The van der Waals surface area contributed by atoms with Gasteiger partial charge < -0.3 is 20.4 Å². The standard InChI is InChI=1S/C15H20N4O3/c1-22-10-8-12(17-9-10)14(20)16-6-7-19-13-5-3-2-4-11(13)18-15(19)21/h2-5,10,12,17H,6-9H2,1H3,(H,16,20)(H,18,21)/t10-,12-/m0/s1. The number of aromatic amines is 1. The Morgan fingerprint density at radius 2 is 2.27 bits per heavy atom. The number of H-pyrrole nitrogens is 1. The first-order valence-corrected chi connectivity index (χ1v) is 7.40. The molecule has 1 aromatic carbocycles. The largest absolute Gasteiger partial charge is 0.380 e. The minimum absolute atomic E-state index is 0.0487. The van der Waals surface area contributed by atoms with Crippen molar-refractivity contribution in [1.82, 2.24) is 20.2 Å². The smallest absolute Gasteiger partial charge is 0.326 e. The number of para-hydroxylation sites is 2. The topological polar surface area (TPSA) is 88.2 Å². The summed E-state index contributed by atoms with van der Waals surface area (Å²) in [5.74, 6) is -0.0487. The number of aromatic nitrogens is 2. The van der Waals surface area contributed by atoms with Crippen LogP contribution in [0, 0.1) is 0 Å². The van der Waals surface area contributed by atoms with E-state index >= 15 is 0 Å². The maximum atomic E-state index is 12.1. The monoisotopic (exact) mass is 304 g/mol. The highest BCUT2D eigenvalue weighted by molar-refractivity contribution is 5.82. The second kappa shape index (κ2) is 6.33. The maximum absolute atomic E-state index is 12.1. The van der Waals surface area contributed by atoms with Gasteiger partial charge in [-0.3, -0.25) is 9.36 Å². The molecule has 1 aliphatic rings. The highest BCUT2D eigenvalue weighted by Crippen LogP contribution is 2.10. The number of carbonyl (C=O) groups excluding carboxylic acids is 1. The highest BCUT2D eigenvalue weighted by atomic mass is 16.5. The molecule has 7 heteroatoms. The molecular weight excluding hydrogens is 284 g/mol. The molecule has 118 valence electrons. The summed E-state index contributed by atoms with van der Waals surface area (Å²) >= 11 is 0. The van der Waals surface area contributed by atoms with Crippen molar-refractivity contribution in [2.75, 3.05) is 20.2 Å². The minimum Gasteiger partial charge on any atom is -0.380 e. The summed E-state index contributed by atoms with van der Waals surface area (Å²) in [7, 11) is 1.65. The van der Waals surface area contributed by atoms with E-state index in [4.69, 9.17) is 4.74 Å². The summed E-state index contributed by atoms with van der Waals surface area (Å²) in [6.45, 7) is 1.54. The molecule has 7 nitrogen and oxygen atoms in total. The average Bonchev–Trinajstić information content (AvgIpc) is 3.12. The van der Waals surface area contributed by atoms with Crippen LogP contribution in [-0.2, 0) is 16.1 Å². The van der Waals surface area contributed by atoms with E-state index in [1.807, 2.05) is 24.3 Å². The van der Waals surface area contributed by atoms with Crippen LogP contribution in [0.3, 0.4) is 0 Å². The van der Waals surface area contributed by atoms with Gasteiger partial charge in [-0.25, -0.2) is 4.79 Å². The highest BCUT2D eigenvalue weighted by Gasteiger charge is 2.28. The fraction of sp³-hybridized carbons (Fsp3) is 0.467. The number of amides is 1. The molecule has 1 aromatic heterocycles. The Hall–Kier alpha value is -2.12. The zero-order chi connectivity index (χ0) is 15.5. The first-order valence-electron chi connectivity index (χ1n) is 7.40. The molecule has 2 atom stereocenters. The molecule has 0 saturated carbocycles. The van der Waals surface area contributed by atoms with E-state index in [1.54, 1.807) is 11.7 Å². The van der Waals surface area contributed by atoms with E-state index in [2.05, 4.69) is 15.6 Å². The third kappa shape index (κ3) is 2.90. The van der Waals surface area contributed by atoms with Gasteiger partial charge in [0.2, 0.25) is 5.91 Å². The molecule has 1 fully saturated rings. The molecule has 1 amide bonds. The second-order valence-electron chi connectivity index (χ2n) is 5.44. The average molecular weight is 304 g/mol. The van der Waals surface area contributed by atoms with Crippen LogP contribution in [0.5, 0.6) is 0 Å². The van der Waals surface area contributed by atoms with E-state index in [1.165, 1.54) is 0 Å². The summed E-state index contributed by atoms with van der Waals surface area (Å²) in [5.41, 5.74) is 1.49. The number of ether oxygens (including phenoxy) is 1. The molecule has 1 saturated heterocycles. The predicted molar refractivity (Wildman–Crippen MR) is 82.8 cm³/mol. The van der Waals surface area contributed by atoms with Gasteiger partial charge in [-0.2, -0.15) is 0 Å². The van der Waals surface area contributed by atoms with Crippen LogP contribution in [-0.4, -0.2) is 47.8 Å². The number of hydrogen-bond acceptors (Lipinski definition) is 4. The first kappa shape index (κ1) is 14.8. The quantitative estimate of drug-likeness (QED) is 0.715. The number of imidazole rings is 1. The van der Waals surface area contributed by atoms with Gasteiger partial charge in [0.15, 0.2) is 0 Å². The molecule has 3 N–H and O–H groups in total. The molecule has 2 heterocycles. The number of nitrogens with one attached hydrogen (secondary N) is 3. The van der Waals surface area contributed by atoms with E-state index in [0.29, 0.717) is 26.1 Å². The van der Waals surface area contributed by atoms with Gasteiger partial charge in [0.25, 0.3) is 0 Å². The van der Waals surface area contributed by atoms with E-state index in [9.17, 15) is 9.59 Å². The summed E-state index contributed by atoms with van der Waals surface area (Å²) in [5, 5.41) is 6.00. The molecular formula is C15H20N4O3. The molecule has 0 spiro atoms. The zero-order valence-electron chi connectivity index (χ0n) is 12.5. The molecule has 2 aromatic rings. The first-order chi connectivity index (χ1) is 10.7. The van der Waals surface area contributed by atoms with Crippen LogP contribution in [0.1, 0.15) is 6.42 Å². The molecule has 0 bridgehead atoms. The number of rotatable bonds is 5. The maximum Gasteiger partial charge on any atom is 0.326 e. The van der Waals surface area contributed by atoms with Gasteiger partial charge in [0.05, 0.1) is 23.2 Å². The third-order valence-electron chi connectivity index (χ3n) is 4.06. The van der Waals surface area contributed by atoms with Crippen molar-refractivity contribution in [1.29, 1.82) is 0 Å². The van der Waals surface area contributed by atoms with E-state index < -0.39 is 0 Å². The Morgan fingerprint density at radius 3 is 3.05 bits per heavy atom. The molecule has 0 aliphatic carbocycles. The lowest BCUT2D eigenvalue weighted by molar-refractivity contribution is -0.123. The lowest BCUT2D eigenvalue weighted by atomic mass is 10.2. The van der Waals surface area contributed by atoms with Crippen molar-refractivity contribution in [3.63, 3.8) is 0 Å². The summed E-state index contributed by atoms with van der Waals surface area (Å²) < 4.78 is 6.86. The lowest BCUT2D eigenvalue weighted by Crippen LogP contribution is -2.42. The van der Waals surface area contributed by atoms with Crippen molar-refractivity contribution >= 4 is 16.9 Å². The Labute approximate surface area is 127 Å². The third-order valence-corrected chi connectivity index (χ3v) is 4.06. The van der Waals surface area contributed by atoms with Gasteiger partial charge in [-0.05, 0) is 18.6 Å². The van der Waals surface area contributed by atoms with Crippen LogP contribution < -0.4 is 16.3 Å². The Morgan fingerprint density at radius 1 is 1.45 bits per heavy atom. The summed E-state index contributed by atoms with van der Waals surface area (Å²) in [6, 6.07) is 7.29. The van der Waals surface area contributed by atoms with Crippen molar-refractivity contribution in [2.24, 2.45) is 0 Å². The number of benzene rings is 1. The second-order valence-corrected chi connectivity index (χ2v) is 5.44. The van der Waals surface area contributed by atoms with E-state index in [0.717, 1.165) is 11.0 Å². The lowest BCUT2D eigenvalue weighted by Gasteiger charge is -2.11. The normalized spacial score (nSPS) is 21.3. The van der Waals surface area contributed by atoms with Crippen molar-refractivity contribution in [2.45, 2.75) is 25.1 Å². The van der Waals surface area contributed by atoms with Gasteiger partial charge in [-0.1, -0.05) is 12.1 Å². The molecule has 0 unspecified atom stereocenters. The van der Waals surface area contributed by atoms with Gasteiger partial charge >= 0.3 is 5.69 Å². The van der Waals surface area contributed by atoms with Crippen LogP contribution in [0.25, 0.3) is 11.0 Å². The van der Waals surface area contributed by atoms with E-state index in [-0.39, 0.29) is 23.7 Å². The van der Waals surface area contributed by atoms with Crippen molar-refractivity contribution < 1.29 is 9.53 Å². The Kier molecular flexibility index (Phi) is 4.26. The van der Waals surface area contributed by atoms with Crippen LogP contribution in [0.15, 0.2) is 29.1 Å². The summed E-state index contributed by atoms with van der Waals surface area (Å²) in [6.07, 6.45) is 0.766. The fourth-order valence-corrected chi connectivity index (χ4v) is 2.83.